The van der Waals surface area contributed by atoms with Crippen LogP contribution in [0.25, 0.3) is 0 Å². The fourth-order valence-electron chi connectivity index (χ4n) is 2.40. The number of hydrogen-bond acceptors (Lipinski definition) is 1. The maximum atomic E-state index is 13.2. The highest BCUT2D eigenvalue weighted by Gasteiger charge is 2.24. The van der Waals surface area contributed by atoms with Crippen molar-refractivity contribution >= 4 is 0 Å². The molecule has 94 valence electrons. The Hall–Kier alpha value is -0.960. The SMILES string of the molecule is CC(F)(F)c1cccc(CC2CCCNC2)c1. The lowest BCUT2D eigenvalue weighted by molar-refractivity contribution is 0.0174. The molecule has 3 heteroatoms. The first-order chi connectivity index (χ1) is 8.05. The number of alkyl halides is 2. The average Bonchev–Trinajstić information content (AvgIpc) is 2.29. The van der Waals surface area contributed by atoms with E-state index < -0.39 is 5.92 Å². The summed E-state index contributed by atoms with van der Waals surface area (Å²) in [6.07, 6.45) is 3.28. The van der Waals surface area contributed by atoms with E-state index in [9.17, 15) is 8.78 Å². The molecule has 17 heavy (non-hydrogen) atoms. The number of benzene rings is 1. The van der Waals surface area contributed by atoms with Crippen LogP contribution < -0.4 is 5.32 Å². The second kappa shape index (κ2) is 5.13. The van der Waals surface area contributed by atoms with Gasteiger partial charge in [0, 0.05) is 12.5 Å². The van der Waals surface area contributed by atoms with Crippen molar-refractivity contribution in [2.45, 2.75) is 32.1 Å². The maximum Gasteiger partial charge on any atom is 0.270 e. The summed E-state index contributed by atoms with van der Waals surface area (Å²) < 4.78 is 26.4. The number of halogens is 2. The van der Waals surface area contributed by atoms with Crippen LogP contribution in [0.5, 0.6) is 0 Å². The second-order valence-electron chi connectivity index (χ2n) is 5.01. The highest BCUT2D eigenvalue weighted by molar-refractivity contribution is 5.26. The molecule has 1 unspecified atom stereocenters. The predicted molar refractivity (Wildman–Crippen MR) is 65.3 cm³/mol. The van der Waals surface area contributed by atoms with E-state index in [0.717, 1.165) is 32.0 Å². The van der Waals surface area contributed by atoms with Gasteiger partial charge in [0.05, 0.1) is 0 Å². The Balaban J connectivity index is 2.05. The monoisotopic (exact) mass is 239 g/mol. The molecule has 1 aromatic rings. The first-order valence-electron chi connectivity index (χ1n) is 6.23. The minimum atomic E-state index is -2.74. The van der Waals surface area contributed by atoms with E-state index in [2.05, 4.69) is 5.32 Å². The summed E-state index contributed by atoms with van der Waals surface area (Å²) >= 11 is 0. The lowest BCUT2D eigenvalue weighted by Gasteiger charge is -2.23. The first kappa shape index (κ1) is 12.5. The molecule has 0 aromatic heterocycles. The van der Waals surface area contributed by atoms with Crippen LogP contribution in [0.3, 0.4) is 0 Å². The van der Waals surface area contributed by atoms with Crippen LogP contribution in [0.15, 0.2) is 24.3 Å². The predicted octanol–water partition coefficient (Wildman–Crippen LogP) is 3.34. The second-order valence-corrected chi connectivity index (χ2v) is 5.01. The van der Waals surface area contributed by atoms with Gasteiger partial charge in [-0.25, -0.2) is 8.78 Å². The Morgan fingerprint density at radius 3 is 2.88 bits per heavy atom. The summed E-state index contributed by atoms with van der Waals surface area (Å²) in [4.78, 5) is 0. The van der Waals surface area contributed by atoms with Gasteiger partial charge in [-0.3, -0.25) is 0 Å². The highest BCUT2D eigenvalue weighted by atomic mass is 19.3. The molecule has 1 nitrogen and oxygen atoms in total. The fourth-order valence-corrected chi connectivity index (χ4v) is 2.40. The maximum absolute atomic E-state index is 13.2. The third-order valence-corrected chi connectivity index (χ3v) is 3.36. The number of hydrogen-bond donors (Lipinski definition) is 1. The zero-order valence-corrected chi connectivity index (χ0v) is 10.2. The zero-order chi connectivity index (χ0) is 12.3. The summed E-state index contributed by atoms with van der Waals surface area (Å²) in [5.74, 6) is -2.15. The van der Waals surface area contributed by atoms with Crippen molar-refractivity contribution in [1.29, 1.82) is 0 Å². The minimum Gasteiger partial charge on any atom is -0.316 e. The molecule has 1 fully saturated rings. The van der Waals surface area contributed by atoms with Crippen molar-refractivity contribution in [2.75, 3.05) is 13.1 Å². The normalized spacial score (nSPS) is 21.5. The van der Waals surface area contributed by atoms with Crippen molar-refractivity contribution < 1.29 is 8.78 Å². The van der Waals surface area contributed by atoms with Crippen LogP contribution in [0.2, 0.25) is 0 Å². The Morgan fingerprint density at radius 2 is 2.24 bits per heavy atom. The Labute approximate surface area is 101 Å². The lowest BCUT2D eigenvalue weighted by atomic mass is 9.91. The van der Waals surface area contributed by atoms with Crippen molar-refractivity contribution in [3.05, 3.63) is 35.4 Å². The largest absolute Gasteiger partial charge is 0.316 e. The molecule has 1 aliphatic rings. The van der Waals surface area contributed by atoms with Gasteiger partial charge in [-0.2, -0.15) is 0 Å². The summed E-state index contributed by atoms with van der Waals surface area (Å²) in [5.41, 5.74) is 1.15. The molecule has 0 saturated carbocycles. The van der Waals surface area contributed by atoms with E-state index in [1.54, 1.807) is 12.1 Å². The molecule has 1 aromatic carbocycles. The molecule has 0 spiro atoms. The molecule has 0 amide bonds. The van der Waals surface area contributed by atoms with Crippen molar-refractivity contribution in [2.24, 2.45) is 5.92 Å². The quantitative estimate of drug-likeness (QED) is 0.853. The van der Waals surface area contributed by atoms with E-state index in [1.807, 2.05) is 6.07 Å². The molecule has 0 radical (unpaired) electrons. The Bertz CT molecular complexity index is 365. The molecule has 0 aliphatic carbocycles. The van der Waals surface area contributed by atoms with Gasteiger partial charge in [-0.15, -0.1) is 0 Å². The summed E-state index contributed by atoms with van der Waals surface area (Å²) in [6, 6.07) is 6.83. The molecule has 1 heterocycles. The van der Waals surface area contributed by atoms with E-state index in [1.165, 1.54) is 18.9 Å². The molecule has 1 atom stereocenters. The molecule has 1 N–H and O–H groups in total. The highest BCUT2D eigenvalue weighted by Crippen LogP contribution is 2.28. The number of rotatable bonds is 3. The van der Waals surface area contributed by atoms with Crippen LogP contribution in [0.1, 0.15) is 30.9 Å². The molecule has 1 aliphatic heterocycles. The average molecular weight is 239 g/mol. The third kappa shape index (κ3) is 3.50. The van der Waals surface area contributed by atoms with E-state index >= 15 is 0 Å². The Morgan fingerprint density at radius 1 is 1.41 bits per heavy atom. The van der Waals surface area contributed by atoms with Crippen LogP contribution in [0.4, 0.5) is 8.78 Å². The number of piperidine rings is 1. The summed E-state index contributed by atoms with van der Waals surface area (Å²) in [6.45, 7) is 3.05. The van der Waals surface area contributed by atoms with Crippen LogP contribution in [-0.2, 0) is 12.3 Å². The standard InChI is InChI=1S/C14H19F2N/c1-14(15,16)13-6-2-4-11(9-13)8-12-5-3-7-17-10-12/h2,4,6,9,12,17H,3,5,7-8,10H2,1H3. The van der Waals surface area contributed by atoms with Gasteiger partial charge in [0.1, 0.15) is 0 Å². The third-order valence-electron chi connectivity index (χ3n) is 3.36. The zero-order valence-electron chi connectivity index (χ0n) is 10.2. The van der Waals surface area contributed by atoms with Crippen LogP contribution in [-0.4, -0.2) is 13.1 Å². The summed E-state index contributed by atoms with van der Waals surface area (Å²) in [7, 11) is 0. The first-order valence-corrected chi connectivity index (χ1v) is 6.23. The van der Waals surface area contributed by atoms with Crippen LogP contribution >= 0.6 is 0 Å². The summed E-state index contributed by atoms with van der Waals surface area (Å²) in [5, 5.41) is 3.35. The van der Waals surface area contributed by atoms with Crippen molar-refractivity contribution in [1.82, 2.24) is 5.32 Å². The van der Waals surface area contributed by atoms with E-state index in [-0.39, 0.29) is 5.56 Å². The molecular formula is C14H19F2N. The van der Waals surface area contributed by atoms with Gasteiger partial charge in [0.25, 0.3) is 5.92 Å². The fraction of sp³-hybridized carbons (Fsp3) is 0.571. The Kier molecular flexibility index (Phi) is 3.77. The molecular weight excluding hydrogens is 220 g/mol. The molecule has 1 saturated heterocycles. The van der Waals surface area contributed by atoms with E-state index in [0.29, 0.717) is 5.92 Å². The van der Waals surface area contributed by atoms with Gasteiger partial charge in [0.15, 0.2) is 0 Å². The van der Waals surface area contributed by atoms with Gasteiger partial charge in [-0.05, 0) is 49.9 Å². The number of nitrogens with one attached hydrogen (secondary N) is 1. The minimum absolute atomic E-state index is 0.124. The van der Waals surface area contributed by atoms with Crippen LogP contribution in [0, 0.1) is 5.92 Å². The molecule has 0 bridgehead atoms. The van der Waals surface area contributed by atoms with Crippen molar-refractivity contribution in [3.8, 4) is 0 Å². The van der Waals surface area contributed by atoms with Gasteiger partial charge in [0.2, 0.25) is 0 Å². The van der Waals surface area contributed by atoms with Gasteiger partial charge in [-0.1, -0.05) is 18.2 Å². The van der Waals surface area contributed by atoms with E-state index in [4.69, 9.17) is 0 Å². The van der Waals surface area contributed by atoms with Gasteiger partial charge >= 0.3 is 0 Å². The lowest BCUT2D eigenvalue weighted by Crippen LogP contribution is -2.30. The van der Waals surface area contributed by atoms with Crippen molar-refractivity contribution in [3.63, 3.8) is 0 Å². The molecule has 2 rings (SSSR count). The van der Waals surface area contributed by atoms with Gasteiger partial charge < -0.3 is 5.32 Å². The topological polar surface area (TPSA) is 12.0 Å². The smallest absolute Gasteiger partial charge is 0.270 e.